The molecular formula is C20H20BrN3O5S. The van der Waals surface area contributed by atoms with Gasteiger partial charge < -0.3 is 5.11 Å². The van der Waals surface area contributed by atoms with E-state index in [0.717, 1.165) is 19.3 Å². The highest BCUT2D eigenvalue weighted by atomic mass is 79.9. The predicted molar refractivity (Wildman–Crippen MR) is 117 cm³/mol. The molecule has 0 aromatic heterocycles. The van der Waals surface area contributed by atoms with Crippen molar-refractivity contribution in [2.45, 2.75) is 24.2 Å². The van der Waals surface area contributed by atoms with Crippen molar-refractivity contribution < 1.29 is 23.1 Å². The minimum Gasteiger partial charge on any atom is -0.478 e. The predicted octanol–water partition coefficient (Wildman–Crippen LogP) is 3.56. The maximum absolute atomic E-state index is 12.7. The summed E-state index contributed by atoms with van der Waals surface area (Å²) < 4.78 is 26.8. The number of halogens is 1. The van der Waals surface area contributed by atoms with Crippen LogP contribution in [0, 0.1) is 0 Å². The van der Waals surface area contributed by atoms with E-state index >= 15 is 0 Å². The Morgan fingerprint density at radius 3 is 2.27 bits per heavy atom. The number of aromatic carboxylic acids is 1. The highest BCUT2D eigenvalue weighted by molar-refractivity contribution is 9.19. The van der Waals surface area contributed by atoms with Gasteiger partial charge >= 0.3 is 5.97 Å². The molecule has 2 aromatic rings. The summed E-state index contributed by atoms with van der Waals surface area (Å²) in [5.74, 6) is -1.60. The maximum Gasteiger partial charge on any atom is 0.337 e. The molecule has 0 radical (unpaired) electrons. The molecule has 2 N–H and O–H groups in total. The van der Waals surface area contributed by atoms with Crippen LogP contribution in [0.15, 0.2) is 58.5 Å². The van der Waals surface area contributed by atoms with Crippen LogP contribution < -0.4 is 5.43 Å². The maximum atomic E-state index is 12.7. The van der Waals surface area contributed by atoms with Gasteiger partial charge in [0.05, 0.1) is 16.1 Å². The second-order valence-corrected chi connectivity index (χ2v) is 9.37. The second-order valence-electron chi connectivity index (χ2n) is 6.68. The quantitative estimate of drug-likeness (QED) is 0.346. The first kappa shape index (κ1) is 22.1. The van der Waals surface area contributed by atoms with E-state index < -0.39 is 21.8 Å². The molecular weight excluding hydrogens is 474 g/mol. The zero-order chi connectivity index (χ0) is 21.7. The summed E-state index contributed by atoms with van der Waals surface area (Å²) in [5.41, 5.74) is 3.06. The van der Waals surface area contributed by atoms with Crippen molar-refractivity contribution in [3.8, 4) is 0 Å². The first-order valence-electron chi connectivity index (χ1n) is 9.27. The molecule has 3 rings (SSSR count). The minimum absolute atomic E-state index is 0.0151. The number of Topliss-reactive ketones (excluding diaryl/α,β-unsaturated/α-hetero) is 1. The smallest absolute Gasteiger partial charge is 0.337 e. The number of piperidine rings is 1. The lowest BCUT2D eigenvalue weighted by molar-refractivity contribution is 0.0697. The molecule has 8 nitrogen and oxygen atoms in total. The third-order valence-electron chi connectivity index (χ3n) is 4.69. The summed E-state index contributed by atoms with van der Waals surface area (Å²) >= 11 is 3.08. The fourth-order valence-corrected chi connectivity index (χ4v) is 4.91. The zero-order valence-electron chi connectivity index (χ0n) is 15.9. The van der Waals surface area contributed by atoms with E-state index in [1.807, 2.05) is 0 Å². The Morgan fingerprint density at radius 2 is 1.63 bits per heavy atom. The lowest BCUT2D eigenvalue weighted by Gasteiger charge is -2.25. The number of carboxylic acid groups (broad SMARTS) is 1. The van der Waals surface area contributed by atoms with Crippen LogP contribution in [0.25, 0.3) is 0 Å². The first-order chi connectivity index (χ1) is 14.3. The van der Waals surface area contributed by atoms with Crippen LogP contribution in [0.3, 0.4) is 0 Å². The molecule has 0 unspecified atom stereocenters. The molecule has 0 amide bonds. The number of nitrogens with one attached hydrogen (secondary N) is 1. The van der Waals surface area contributed by atoms with Gasteiger partial charge in [0.25, 0.3) is 0 Å². The fourth-order valence-electron chi connectivity index (χ4n) is 3.08. The summed E-state index contributed by atoms with van der Waals surface area (Å²) in [6.45, 7) is 1.01. The number of anilines is 1. The monoisotopic (exact) mass is 493 g/mol. The Kier molecular flexibility index (Phi) is 7.01. The number of carboxylic acids is 1. The number of para-hydroxylation sites is 1. The van der Waals surface area contributed by atoms with Gasteiger partial charge in [-0.05, 0) is 65.2 Å². The van der Waals surface area contributed by atoms with Crippen molar-refractivity contribution in [3.63, 3.8) is 0 Å². The number of benzene rings is 2. The van der Waals surface area contributed by atoms with Gasteiger partial charge in [0.2, 0.25) is 15.8 Å². The van der Waals surface area contributed by atoms with E-state index in [2.05, 4.69) is 26.5 Å². The van der Waals surface area contributed by atoms with Crippen LogP contribution in [0.1, 0.15) is 40.0 Å². The number of rotatable bonds is 7. The average molecular weight is 494 g/mol. The van der Waals surface area contributed by atoms with Crippen molar-refractivity contribution in [2.75, 3.05) is 18.5 Å². The molecule has 30 heavy (non-hydrogen) atoms. The van der Waals surface area contributed by atoms with Crippen molar-refractivity contribution in [1.29, 1.82) is 0 Å². The summed E-state index contributed by atoms with van der Waals surface area (Å²) in [6, 6.07) is 11.8. The molecule has 1 fully saturated rings. The lowest BCUT2D eigenvalue weighted by atomic mass is 10.1. The molecule has 10 heteroatoms. The molecule has 1 saturated heterocycles. The summed E-state index contributed by atoms with van der Waals surface area (Å²) in [5, 5.41) is 13.1. The second kappa shape index (κ2) is 9.50. The van der Waals surface area contributed by atoms with E-state index in [4.69, 9.17) is 0 Å². The number of ketones is 1. The van der Waals surface area contributed by atoms with Crippen LogP contribution in [0.5, 0.6) is 0 Å². The highest BCUT2D eigenvalue weighted by Gasteiger charge is 2.26. The van der Waals surface area contributed by atoms with Gasteiger partial charge in [0.1, 0.15) is 0 Å². The van der Waals surface area contributed by atoms with E-state index in [9.17, 15) is 23.1 Å². The molecule has 2 aromatic carbocycles. The SMILES string of the molecule is O=C(/C(Br)=N/Nc1ccccc1C(=O)O)c1ccc(S(=O)(=O)N2CCCCC2)cc1. The van der Waals surface area contributed by atoms with E-state index in [0.29, 0.717) is 13.1 Å². The van der Waals surface area contributed by atoms with Crippen LogP contribution in [0.4, 0.5) is 5.69 Å². The molecule has 0 aliphatic carbocycles. The van der Waals surface area contributed by atoms with Crippen molar-refractivity contribution in [3.05, 3.63) is 59.7 Å². The first-order valence-corrected chi connectivity index (χ1v) is 11.5. The molecule has 0 atom stereocenters. The molecule has 1 heterocycles. The molecule has 0 spiro atoms. The summed E-state index contributed by atoms with van der Waals surface area (Å²) in [7, 11) is -3.57. The largest absolute Gasteiger partial charge is 0.478 e. The standard InChI is InChI=1S/C20H20BrN3O5S/c21-19(23-22-17-7-3-2-6-16(17)20(26)27)18(25)14-8-10-15(11-9-14)30(28,29)24-12-4-1-5-13-24/h2-3,6-11,22H,1,4-5,12-13H2,(H,26,27)/b23-19-. The average Bonchev–Trinajstić information content (AvgIpc) is 2.77. The van der Waals surface area contributed by atoms with Crippen LogP contribution in [-0.2, 0) is 10.0 Å². The lowest BCUT2D eigenvalue weighted by Crippen LogP contribution is -2.35. The summed E-state index contributed by atoms with van der Waals surface area (Å²) in [6.07, 6.45) is 2.71. The number of nitrogens with zero attached hydrogens (tertiary/aromatic N) is 2. The molecule has 0 saturated carbocycles. The zero-order valence-corrected chi connectivity index (χ0v) is 18.3. The Labute approximate surface area is 182 Å². The topological polar surface area (TPSA) is 116 Å². The number of carbonyl (C=O) groups is 2. The van der Waals surface area contributed by atoms with Crippen molar-refractivity contribution >= 4 is 48.0 Å². The highest BCUT2D eigenvalue weighted by Crippen LogP contribution is 2.21. The Bertz CT molecular complexity index is 1080. The van der Waals surface area contributed by atoms with Crippen LogP contribution in [-0.4, -0.2) is 47.3 Å². The Hall–Kier alpha value is -2.56. The number of hydrazone groups is 1. The third-order valence-corrected chi connectivity index (χ3v) is 7.14. The number of sulfonamides is 1. The van der Waals surface area contributed by atoms with Gasteiger partial charge in [-0.2, -0.15) is 9.41 Å². The van der Waals surface area contributed by atoms with E-state index in [1.54, 1.807) is 12.1 Å². The third kappa shape index (κ3) is 4.94. The van der Waals surface area contributed by atoms with Gasteiger partial charge in [-0.25, -0.2) is 13.2 Å². The van der Waals surface area contributed by atoms with Gasteiger partial charge in [-0.15, -0.1) is 0 Å². The number of hydrogen-bond donors (Lipinski definition) is 2. The number of carbonyl (C=O) groups excluding carboxylic acids is 1. The molecule has 158 valence electrons. The van der Waals surface area contributed by atoms with Gasteiger partial charge in [0.15, 0.2) is 4.62 Å². The Balaban J connectivity index is 1.74. The molecule has 0 bridgehead atoms. The van der Waals surface area contributed by atoms with Gasteiger partial charge in [-0.1, -0.05) is 18.6 Å². The van der Waals surface area contributed by atoms with Gasteiger partial charge in [-0.3, -0.25) is 10.2 Å². The Morgan fingerprint density at radius 1 is 1.00 bits per heavy atom. The normalized spacial score (nSPS) is 15.6. The van der Waals surface area contributed by atoms with E-state index in [1.165, 1.54) is 40.7 Å². The summed E-state index contributed by atoms with van der Waals surface area (Å²) in [4.78, 5) is 23.9. The van der Waals surface area contributed by atoms with Gasteiger partial charge in [0, 0.05) is 18.7 Å². The fraction of sp³-hybridized carbons (Fsp3) is 0.250. The van der Waals surface area contributed by atoms with E-state index in [-0.39, 0.29) is 26.3 Å². The minimum atomic E-state index is -3.57. The number of hydrogen-bond acceptors (Lipinski definition) is 6. The van der Waals surface area contributed by atoms with Crippen LogP contribution >= 0.6 is 15.9 Å². The van der Waals surface area contributed by atoms with Crippen molar-refractivity contribution in [1.82, 2.24) is 4.31 Å². The van der Waals surface area contributed by atoms with Crippen molar-refractivity contribution in [2.24, 2.45) is 5.10 Å². The van der Waals surface area contributed by atoms with Crippen LogP contribution in [0.2, 0.25) is 0 Å². The molecule has 1 aliphatic rings. The molecule has 1 aliphatic heterocycles.